The van der Waals surface area contributed by atoms with Crippen molar-refractivity contribution in [2.45, 2.75) is 31.6 Å². The second-order valence-corrected chi connectivity index (χ2v) is 14.3. The molecular formula is C22H23IO4Si. The molecule has 0 radical (unpaired) electrons. The second-order valence-electron chi connectivity index (χ2n) is 7.56. The van der Waals surface area contributed by atoms with Crippen LogP contribution < -0.4 is 0 Å². The van der Waals surface area contributed by atoms with E-state index in [1.54, 1.807) is 12.1 Å². The molecule has 2 aromatic carbocycles. The fraction of sp³-hybridized carbons (Fsp3) is 0.273. The lowest BCUT2D eigenvalue weighted by Crippen LogP contribution is -2.24. The van der Waals surface area contributed by atoms with Gasteiger partial charge in [0.2, 0.25) is 0 Å². The van der Waals surface area contributed by atoms with Crippen LogP contribution in [-0.4, -0.2) is 31.7 Å². The highest BCUT2D eigenvalue weighted by molar-refractivity contribution is 14.1. The van der Waals surface area contributed by atoms with E-state index < -0.39 is 25.9 Å². The average molecular weight is 506 g/mol. The number of benzene rings is 2. The average Bonchev–Trinajstić information content (AvgIpc) is 2.62. The molecule has 0 spiro atoms. The van der Waals surface area contributed by atoms with E-state index in [0.717, 1.165) is 11.6 Å². The van der Waals surface area contributed by atoms with E-state index in [9.17, 15) is 14.7 Å². The predicted octanol–water partition coefficient (Wildman–Crippen LogP) is 5.01. The van der Waals surface area contributed by atoms with Crippen LogP contribution in [0.5, 0.6) is 0 Å². The molecule has 6 heteroatoms. The summed E-state index contributed by atoms with van der Waals surface area (Å²) < 4.78 is 6.02. The molecule has 0 aliphatic rings. The van der Waals surface area contributed by atoms with E-state index in [-0.39, 0.29) is 5.56 Å². The van der Waals surface area contributed by atoms with E-state index in [4.69, 9.17) is 4.74 Å². The molecule has 0 aliphatic carbocycles. The van der Waals surface area contributed by atoms with Crippen molar-refractivity contribution in [1.29, 1.82) is 0 Å². The molecule has 146 valence electrons. The number of esters is 1. The third-order valence-corrected chi connectivity index (χ3v) is 6.94. The Morgan fingerprint density at radius 2 is 1.79 bits per heavy atom. The first-order valence-electron chi connectivity index (χ1n) is 8.94. The Balaban J connectivity index is 2.37. The van der Waals surface area contributed by atoms with Crippen molar-refractivity contribution in [2.75, 3.05) is 6.61 Å². The maximum atomic E-state index is 12.8. The number of carboxylic acids is 1. The Hall–Kier alpha value is -2.11. The molecule has 28 heavy (non-hydrogen) atoms. The summed E-state index contributed by atoms with van der Waals surface area (Å²) in [7, 11) is -1.34. The van der Waals surface area contributed by atoms with Crippen molar-refractivity contribution in [2.24, 2.45) is 0 Å². The highest BCUT2D eigenvalue weighted by Gasteiger charge is 2.25. The highest BCUT2D eigenvalue weighted by atomic mass is 127. The van der Waals surface area contributed by atoms with Crippen molar-refractivity contribution >= 4 is 42.6 Å². The maximum Gasteiger partial charge on any atom is 0.336 e. The largest absolute Gasteiger partial charge is 0.478 e. The lowest BCUT2D eigenvalue weighted by Gasteiger charge is -2.18. The zero-order valence-corrected chi connectivity index (χ0v) is 19.3. The fourth-order valence-electron chi connectivity index (χ4n) is 2.42. The molecule has 4 nitrogen and oxygen atoms in total. The molecule has 2 rings (SSSR count). The van der Waals surface area contributed by atoms with Crippen molar-refractivity contribution in [3.8, 4) is 11.8 Å². The monoisotopic (exact) mass is 506 g/mol. The number of rotatable bonds is 6. The minimum atomic E-state index is -1.34. The first-order chi connectivity index (χ1) is 13.2. The molecule has 0 saturated heterocycles. The predicted molar refractivity (Wildman–Crippen MR) is 121 cm³/mol. The quantitative estimate of drug-likeness (QED) is 0.259. The van der Waals surface area contributed by atoms with E-state index in [1.807, 2.05) is 52.9 Å². The number of carbonyl (C=O) groups excluding carboxylic acids is 1. The van der Waals surface area contributed by atoms with Crippen molar-refractivity contribution in [1.82, 2.24) is 0 Å². The van der Waals surface area contributed by atoms with Crippen LogP contribution in [0.4, 0.5) is 0 Å². The van der Waals surface area contributed by atoms with Gasteiger partial charge in [-0.1, -0.05) is 61.8 Å². The van der Waals surface area contributed by atoms with Gasteiger partial charge in [-0.25, -0.2) is 4.79 Å². The summed E-state index contributed by atoms with van der Waals surface area (Å²) in [6.45, 7) is 7.00. The first kappa shape index (κ1) is 22.2. The Labute approximate surface area is 180 Å². The van der Waals surface area contributed by atoms with Gasteiger partial charge < -0.3 is 9.84 Å². The van der Waals surface area contributed by atoms with Crippen LogP contribution >= 0.6 is 22.6 Å². The summed E-state index contributed by atoms with van der Waals surface area (Å²) in [6, 6.07) is 15.1. The van der Waals surface area contributed by atoms with Crippen molar-refractivity contribution in [3.05, 3.63) is 68.8 Å². The fourth-order valence-corrected chi connectivity index (χ4v) is 4.04. The van der Waals surface area contributed by atoms with Gasteiger partial charge in [0.15, 0.2) is 0 Å². The number of aromatic carboxylic acids is 1. The van der Waals surface area contributed by atoms with Gasteiger partial charge >= 0.3 is 11.9 Å². The normalized spacial score (nSPS) is 11.9. The number of hydrogen-bond acceptors (Lipinski definition) is 3. The number of halogens is 1. The van der Waals surface area contributed by atoms with E-state index >= 15 is 0 Å². The topological polar surface area (TPSA) is 63.6 Å². The van der Waals surface area contributed by atoms with Gasteiger partial charge in [0.05, 0.1) is 12.2 Å². The van der Waals surface area contributed by atoms with E-state index in [2.05, 4.69) is 31.5 Å². The molecule has 1 atom stereocenters. The molecule has 0 aliphatic heterocycles. The molecule has 0 heterocycles. The van der Waals surface area contributed by atoms with Gasteiger partial charge in [0, 0.05) is 17.2 Å². The van der Waals surface area contributed by atoms with Crippen LogP contribution in [0.25, 0.3) is 0 Å². The maximum absolute atomic E-state index is 12.8. The lowest BCUT2D eigenvalue weighted by atomic mass is 9.97. The van der Waals surface area contributed by atoms with Crippen LogP contribution in [0, 0.1) is 15.4 Å². The third kappa shape index (κ3) is 6.50. The number of carbonyl (C=O) groups is 2. The molecule has 1 unspecified atom stereocenters. The highest BCUT2D eigenvalue weighted by Crippen LogP contribution is 2.26. The summed E-state index contributed by atoms with van der Waals surface area (Å²) >= 11 is 1.96. The summed E-state index contributed by atoms with van der Waals surface area (Å²) in [6.07, 6.45) is 0. The van der Waals surface area contributed by atoms with Gasteiger partial charge in [-0.2, -0.15) is 0 Å². The molecule has 0 fully saturated rings. The third-order valence-electron chi connectivity index (χ3n) is 4.04. The zero-order valence-electron chi connectivity index (χ0n) is 16.2. The van der Waals surface area contributed by atoms with Crippen LogP contribution in [0.1, 0.15) is 27.4 Å². The molecule has 2 aromatic rings. The van der Waals surface area contributed by atoms with Gasteiger partial charge in [-0.05, 0) is 52.4 Å². The Morgan fingerprint density at radius 3 is 2.39 bits per heavy atom. The standard InChI is InChI=1S/C22H23IO4Si/c1-28(2,3)15-14-27-22(26)18(13-12-16-8-5-4-6-9-16)17-10-7-11-19(20(17)23)21(24)25/h4-11,18H,14-15H2,1-3H3,(H,24,25). The van der Waals surface area contributed by atoms with Crippen molar-refractivity contribution < 1.29 is 19.4 Å². The number of ether oxygens (including phenoxy) is 1. The molecule has 0 bridgehead atoms. The SMILES string of the molecule is C[Si](C)(C)CCOC(=O)C(C#Cc1ccccc1)c1cccc(C(=O)O)c1I. The second kappa shape index (κ2) is 9.89. The van der Waals surface area contributed by atoms with Crippen LogP contribution in [0.2, 0.25) is 25.7 Å². The Kier molecular flexibility index (Phi) is 7.84. The molecular weight excluding hydrogens is 483 g/mol. The Bertz CT molecular complexity index is 908. The smallest absolute Gasteiger partial charge is 0.336 e. The minimum absolute atomic E-state index is 0.152. The lowest BCUT2D eigenvalue weighted by molar-refractivity contribution is -0.143. The Morgan fingerprint density at radius 1 is 1.11 bits per heavy atom. The van der Waals surface area contributed by atoms with E-state index in [0.29, 0.717) is 15.7 Å². The number of hydrogen-bond donors (Lipinski definition) is 1. The summed E-state index contributed by atoms with van der Waals surface area (Å²) in [5.74, 6) is 3.69. The van der Waals surface area contributed by atoms with E-state index in [1.165, 1.54) is 6.07 Å². The van der Waals surface area contributed by atoms with Crippen LogP contribution in [0.3, 0.4) is 0 Å². The van der Waals surface area contributed by atoms with Crippen molar-refractivity contribution in [3.63, 3.8) is 0 Å². The van der Waals surface area contributed by atoms with Gasteiger partial charge in [-0.15, -0.1) is 0 Å². The van der Waals surface area contributed by atoms with Gasteiger partial charge in [-0.3, -0.25) is 4.79 Å². The summed E-state index contributed by atoms with van der Waals surface area (Å²) in [5.41, 5.74) is 1.49. The number of carboxylic acid groups (broad SMARTS) is 1. The summed E-state index contributed by atoms with van der Waals surface area (Å²) in [5, 5.41) is 9.40. The molecule has 0 amide bonds. The molecule has 0 aromatic heterocycles. The van der Waals surface area contributed by atoms with Crippen LogP contribution in [0.15, 0.2) is 48.5 Å². The zero-order chi connectivity index (χ0) is 20.7. The minimum Gasteiger partial charge on any atom is -0.478 e. The van der Waals surface area contributed by atoms with Gasteiger partial charge in [0.25, 0.3) is 0 Å². The molecule has 1 N–H and O–H groups in total. The summed E-state index contributed by atoms with van der Waals surface area (Å²) in [4.78, 5) is 24.3. The molecule has 0 saturated carbocycles. The first-order valence-corrected chi connectivity index (χ1v) is 13.7. The van der Waals surface area contributed by atoms with Crippen LogP contribution in [-0.2, 0) is 9.53 Å². The van der Waals surface area contributed by atoms with Gasteiger partial charge in [0.1, 0.15) is 5.92 Å².